The van der Waals surface area contributed by atoms with E-state index >= 15 is 0 Å². The number of ether oxygens (including phenoxy) is 1. The Bertz CT molecular complexity index is 581. The van der Waals surface area contributed by atoms with Crippen molar-refractivity contribution in [2.75, 3.05) is 6.61 Å². The summed E-state index contributed by atoms with van der Waals surface area (Å²) in [4.78, 5) is 0. The Labute approximate surface area is 147 Å². The SMILES string of the molecule is OC[C@H]1O[C@@H](S/C(C[C@@H](O)c2ccc(O)cc2)=N\O)[C@H](O)[C@@H](O)[C@@H]1O. The monoisotopic (exact) mass is 375 g/mol. The van der Waals surface area contributed by atoms with Crippen molar-refractivity contribution in [2.24, 2.45) is 5.16 Å². The molecule has 1 aromatic rings. The van der Waals surface area contributed by atoms with Crippen molar-refractivity contribution in [1.82, 2.24) is 0 Å². The average molecular weight is 375 g/mol. The summed E-state index contributed by atoms with van der Waals surface area (Å²) in [5.41, 5.74) is -0.623. The number of hydrogen-bond acceptors (Lipinski definition) is 10. The third-order valence-electron chi connectivity index (χ3n) is 3.86. The molecule has 1 heterocycles. The highest BCUT2D eigenvalue weighted by molar-refractivity contribution is 8.14. The number of hydrogen-bond donors (Lipinski definition) is 7. The zero-order chi connectivity index (χ0) is 18.6. The number of oxime groups is 1. The van der Waals surface area contributed by atoms with Crippen LogP contribution >= 0.6 is 11.8 Å². The Hall–Kier alpha value is -1.40. The van der Waals surface area contributed by atoms with Crippen molar-refractivity contribution in [3.63, 3.8) is 0 Å². The summed E-state index contributed by atoms with van der Waals surface area (Å²) in [5, 5.41) is 70.3. The van der Waals surface area contributed by atoms with E-state index in [2.05, 4.69) is 5.16 Å². The predicted octanol–water partition coefficient (Wildman–Crippen LogP) is -0.863. The number of aromatic hydroxyl groups is 1. The molecule has 1 aliphatic rings. The molecule has 0 bridgehead atoms. The summed E-state index contributed by atoms with van der Waals surface area (Å²) in [7, 11) is 0. The minimum atomic E-state index is -1.54. The molecule has 0 spiro atoms. The number of phenols is 1. The second-order valence-electron chi connectivity index (χ2n) is 5.62. The van der Waals surface area contributed by atoms with E-state index < -0.39 is 42.6 Å². The van der Waals surface area contributed by atoms with Crippen molar-refractivity contribution in [3.05, 3.63) is 29.8 Å². The third kappa shape index (κ3) is 4.82. The molecule has 1 aliphatic heterocycles. The second kappa shape index (κ2) is 8.81. The molecule has 0 radical (unpaired) electrons. The molecule has 0 aromatic heterocycles. The maximum Gasteiger partial charge on any atom is 0.138 e. The van der Waals surface area contributed by atoms with Crippen molar-refractivity contribution < 1.29 is 40.6 Å². The smallest absolute Gasteiger partial charge is 0.138 e. The minimum Gasteiger partial charge on any atom is -0.508 e. The second-order valence-corrected chi connectivity index (χ2v) is 6.79. The molecule has 0 unspecified atom stereocenters. The van der Waals surface area contributed by atoms with Crippen LogP contribution in [0.2, 0.25) is 0 Å². The van der Waals surface area contributed by atoms with E-state index in [1.807, 2.05) is 0 Å². The summed E-state index contributed by atoms with van der Waals surface area (Å²) < 4.78 is 5.31. The van der Waals surface area contributed by atoms with Gasteiger partial charge in [0.1, 0.15) is 40.6 Å². The van der Waals surface area contributed by atoms with Gasteiger partial charge in [0.05, 0.1) is 12.7 Å². The van der Waals surface area contributed by atoms with Crippen LogP contribution in [0.25, 0.3) is 0 Å². The summed E-state index contributed by atoms with van der Waals surface area (Å²) in [6, 6.07) is 5.82. The highest BCUT2D eigenvalue weighted by Gasteiger charge is 2.44. The van der Waals surface area contributed by atoms with Crippen LogP contribution in [-0.4, -0.2) is 77.3 Å². The molecule has 10 heteroatoms. The number of rotatable bonds is 5. The van der Waals surface area contributed by atoms with Gasteiger partial charge in [-0.05, 0) is 17.7 Å². The molecule has 140 valence electrons. The molecule has 25 heavy (non-hydrogen) atoms. The van der Waals surface area contributed by atoms with Crippen LogP contribution in [0.3, 0.4) is 0 Å². The van der Waals surface area contributed by atoms with E-state index in [0.717, 1.165) is 11.8 Å². The zero-order valence-corrected chi connectivity index (χ0v) is 13.9. The highest BCUT2D eigenvalue weighted by atomic mass is 32.2. The largest absolute Gasteiger partial charge is 0.508 e. The van der Waals surface area contributed by atoms with Gasteiger partial charge in [-0.1, -0.05) is 29.1 Å². The minimum absolute atomic E-state index is 0.0184. The van der Waals surface area contributed by atoms with Crippen molar-refractivity contribution in [1.29, 1.82) is 0 Å². The number of thioether (sulfide) groups is 1. The quantitative estimate of drug-likeness (QED) is 0.150. The van der Waals surface area contributed by atoms with Crippen LogP contribution in [0.1, 0.15) is 18.1 Å². The Morgan fingerprint density at radius 3 is 2.32 bits per heavy atom. The van der Waals surface area contributed by atoms with Gasteiger partial charge in [0.2, 0.25) is 0 Å². The number of aliphatic hydroxyl groups excluding tert-OH is 5. The van der Waals surface area contributed by atoms with E-state index in [0.29, 0.717) is 5.56 Å². The molecule has 1 aromatic carbocycles. The van der Waals surface area contributed by atoms with E-state index in [9.17, 15) is 25.5 Å². The van der Waals surface area contributed by atoms with Gasteiger partial charge in [-0.2, -0.15) is 0 Å². The van der Waals surface area contributed by atoms with Crippen molar-refractivity contribution in [2.45, 2.75) is 42.4 Å². The lowest BCUT2D eigenvalue weighted by atomic mass is 10.0. The first-order valence-corrected chi connectivity index (χ1v) is 8.40. The summed E-state index contributed by atoms with van der Waals surface area (Å²) in [6.45, 7) is -0.566. The lowest BCUT2D eigenvalue weighted by Crippen LogP contribution is -2.57. The Balaban J connectivity index is 2.02. The van der Waals surface area contributed by atoms with Gasteiger partial charge in [0, 0.05) is 6.42 Å². The fraction of sp³-hybridized carbons (Fsp3) is 0.533. The maximum absolute atomic E-state index is 10.2. The third-order valence-corrected chi connectivity index (χ3v) is 5.00. The van der Waals surface area contributed by atoms with Gasteiger partial charge in [-0.25, -0.2) is 0 Å². The highest BCUT2D eigenvalue weighted by Crippen LogP contribution is 2.32. The van der Waals surface area contributed by atoms with Gasteiger partial charge >= 0.3 is 0 Å². The lowest BCUT2D eigenvalue weighted by molar-refractivity contribution is -0.205. The van der Waals surface area contributed by atoms with Crippen LogP contribution in [0.4, 0.5) is 0 Å². The molecule has 2 rings (SSSR count). The fourth-order valence-corrected chi connectivity index (χ4v) is 3.46. The molecule has 0 amide bonds. The van der Waals surface area contributed by atoms with E-state index in [1.54, 1.807) is 0 Å². The first-order chi connectivity index (χ1) is 11.9. The Morgan fingerprint density at radius 1 is 1.12 bits per heavy atom. The normalized spacial score (nSPS) is 31.7. The van der Waals surface area contributed by atoms with Crippen LogP contribution in [0, 0.1) is 0 Å². The standard InChI is InChI=1S/C15H21NO8S/c17-6-10-12(20)13(21)14(22)15(24-10)25-11(16-23)5-9(19)7-1-3-8(18)4-2-7/h1-4,9-10,12-15,17-23H,5-6H2/b16-11-/t9-,10-,12-,13+,14-,15+/m1/s1. The van der Waals surface area contributed by atoms with Crippen LogP contribution in [0.15, 0.2) is 29.4 Å². The lowest BCUT2D eigenvalue weighted by Gasteiger charge is -2.39. The van der Waals surface area contributed by atoms with Gasteiger partial charge < -0.3 is 40.6 Å². The van der Waals surface area contributed by atoms with Crippen LogP contribution < -0.4 is 0 Å². The number of phenolic OH excluding ortho intramolecular Hbond substituents is 1. The Morgan fingerprint density at radius 2 is 1.76 bits per heavy atom. The zero-order valence-electron chi connectivity index (χ0n) is 13.1. The first-order valence-electron chi connectivity index (χ1n) is 7.52. The Kier molecular flexibility index (Phi) is 7.02. The molecule has 0 aliphatic carbocycles. The van der Waals surface area contributed by atoms with Crippen LogP contribution in [0.5, 0.6) is 5.75 Å². The molecular weight excluding hydrogens is 354 g/mol. The summed E-state index contributed by atoms with van der Waals surface area (Å²) in [6.07, 6.45) is -6.72. The van der Waals surface area contributed by atoms with Gasteiger partial charge in [-0.3, -0.25) is 0 Å². The first kappa shape index (κ1) is 19.9. The molecule has 0 saturated carbocycles. The molecule has 7 N–H and O–H groups in total. The molecule has 6 atom stereocenters. The molecule has 9 nitrogen and oxygen atoms in total. The predicted molar refractivity (Wildman–Crippen MR) is 88.3 cm³/mol. The number of nitrogens with zero attached hydrogens (tertiary/aromatic N) is 1. The van der Waals surface area contributed by atoms with E-state index in [-0.39, 0.29) is 17.2 Å². The van der Waals surface area contributed by atoms with Crippen molar-refractivity contribution >= 4 is 16.8 Å². The topological polar surface area (TPSA) is 163 Å². The molecular formula is C15H21NO8S. The summed E-state index contributed by atoms with van der Waals surface area (Å²) >= 11 is 0.761. The van der Waals surface area contributed by atoms with Crippen LogP contribution in [-0.2, 0) is 4.74 Å². The average Bonchev–Trinajstić information content (AvgIpc) is 2.61. The number of aliphatic hydroxyl groups is 5. The molecule has 1 saturated heterocycles. The van der Waals surface area contributed by atoms with Crippen molar-refractivity contribution in [3.8, 4) is 5.75 Å². The van der Waals surface area contributed by atoms with Gasteiger partial charge in [0.15, 0.2) is 0 Å². The number of benzene rings is 1. The van der Waals surface area contributed by atoms with E-state index in [1.165, 1.54) is 24.3 Å². The van der Waals surface area contributed by atoms with Gasteiger partial charge in [0.25, 0.3) is 0 Å². The fourth-order valence-electron chi connectivity index (χ4n) is 2.39. The van der Waals surface area contributed by atoms with E-state index in [4.69, 9.17) is 15.1 Å². The maximum atomic E-state index is 10.2. The van der Waals surface area contributed by atoms with Gasteiger partial charge in [-0.15, -0.1) is 0 Å². The summed E-state index contributed by atoms with van der Waals surface area (Å²) in [5.74, 6) is 0.0442. The molecule has 1 fully saturated rings.